The molecule has 32 heavy (non-hydrogen) atoms. The minimum atomic E-state index is -0.00273. The monoisotopic (exact) mass is 490 g/mol. The van der Waals surface area contributed by atoms with Crippen LogP contribution in [0.3, 0.4) is 0 Å². The fraction of sp³-hybridized carbons (Fsp3) is 0.409. The Morgan fingerprint density at radius 2 is 2.19 bits per heavy atom. The average molecular weight is 491 g/mol. The number of methoxy groups -OCH3 is 2. The molecule has 10 heteroatoms. The van der Waals surface area contributed by atoms with Crippen molar-refractivity contribution in [2.24, 2.45) is 0 Å². The van der Waals surface area contributed by atoms with Gasteiger partial charge in [-0.2, -0.15) is 0 Å². The normalized spacial score (nSPS) is 15.7. The molecule has 3 heterocycles. The molecule has 1 fully saturated rings. The molecule has 1 N–H and O–H groups in total. The zero-order chi connectivity index (χ0) is 22.3. The second-order valence-electron chi connectivity index (χ2n) is 7.27. The van der Waals surface area contributed by atoms with Crippen LogP contribution in [-0.2, 0) is 11.2 Å². The number of amides is 1. The molecule has 3 aromatic rings. The predicted molar refractivity (Wildman–Crippen MR) is 130 cm³/mol. The molecule has 1 aliphatic rings. The smallest absolute Gasteiger partial charge is 0.233 e. The molecule has 0 aliphatic carbocycles. The Kier molecular flexibility index (Phi) is 7.88. The van der Waals surface area contributed by atoms with Gasteiger partial charge >= 0.3 is 0 Å². The molecule has 1 amide bonds. The molecule has 170 valence electrons. The summed E-state index contributed by atoms with van der Waals surface area (Å²) in [6, 6.07) is 9.94. The van der Waals surface area contributed by atoms with Crippen molar-refractivity contribution in [1.29, 1.82) is 0 Å². The number of thiophene rings is 1. The predicted octanol–water partition coefficient (Wildman–Crippen LogP) is 4.73. The molecule has 0 bridgehead atoms. The first-order valence-corrected chi connectivity index (χ1v) is 13.1. The highest BCUT2D eigenvalue weighted by Gasteiger charge is 2.32. The van der Waals surface area contributed by atoms with Crippen LogP contribution in [-0.4, -0.2) is 54.1 Å². The molecule has 0 spiro atoms. The maximum atomic E-state index is 13.0. The SMILES string of the molecule is COc1ccc(OC)c(C2CCCN2C(=O)CSc2nnc(NCCc3cccs3)s2)c1. The fourth-order valence-electron chi connectivity index (χ4n) is 3.78. The fourth-order valence-corrected chi connectivity index (χ4v) is 6.15. The van der Waals surface area contributed by atoms with Crippen LogP contribution < -0.4 is 14.8 Å². The van der Waals surface area contributed by atoms with Crippen molar-refractivity contribution in [1.82, 2.24) is 15.1 Å². The standard InChI is InChI=1S/C22H26N4O3S3/c1-28-15-7-8-19(29-2)17(13-15)18-6-3-11-26(18)20(27)14-31-22-25-24-21(32-22)23-10-9-16-5-4-12-30-16/h4-5,7-8,12-13,18H,3,6,9-11,14H2,1-2H3,(H,23,24). The van der Waals surface area contributed by atoms with Crippen LogP contribution in [0.2, 0.25) is 0 Å². The number of hydrogen-bond acceptors (Lipinski definition) is 9. The van der Waals surface area contributed by atoms with Crippen molar-refractivity contribution >= 4 is 45.5 Å². The van der Waals surface area contributed by atoms with E-state index in [4.69, 9.17) is 9.47 Å². The summed E-state index contributed by atoms with van der Waals surface area (Å²) < 4.78 is 11.7. The van der Waals surface area contributed by atoms with E-state index in [-0.39, 0.29) is 11.9 Å². The molecule has 0 saturated carbocycles. The van der Waals surface area contributed by atoms with Crippen LogP contribution >= 0.6 is 34.4 Å². The Bertz CT molecular complexity index is 1030. The van der Waals surface area contributed by atoms with Gasteiger partial charge in [-0.1, -0.05) is 29.2 Å². The first-order valence-electron chi connectivity index (χ1n) is 10.4. The molecule has 1 saturated heterocycles. The van der Waals surface area contributed by atoms with E-state index < -0.39 is 0 Å². The van der Waals surface area contributed by atoms with Crippen LogP contribution in [0.25, 0.3) is 0 Å². The number of nitrogens with one attached hydrogen (secondary N) is 1. The summed E-state index contributed by atoms with van der Waals surface area (Å²) >= 11 is 4.69. The maximum absolute atomic E-state index is 13.0. The minimum Gasteiger partial charge on any atom is -0.497 e. The Balaban J connectivity index is 1.32. The van der Waals surface area contributed by atoms with Gasteiger partial charge in [0, 0.05) is 23.5 Å². The highest BCUT2D eigenvalue weighted by Crippen LogP contribution is 2.39. The third-order valence-electron chi connectivity index (χ3n) is 5.32. The van der Waals surface area contributed by atoms with E-state index in [9.17, 15) is 4.79 Å². The van der Waals surface area contributed by atoms with Crippen molar-refractivity contribution in [2.45, 2.75) is 29.6 Å². The van der Waals surface area contributed by atoms with Crippen LogP contribution in [0.15, 0.2) is 40.1 Å². The molecule has 1 atom stereocenters. The van der Waals surface area contributed by atoms with E-state index in [2.05, 4.69) is 33.0 Å². The van der Waals surface area contributed by atoms with E-state index in [0.717, 1.165) is 58.9 Å². The Morgan fingerprint density at radius 3 is 2.97 bits per heavy atom. The lowest BCUT2D eigenvalue weighted by Crippen LogP contribution is -2.32. The average Bonchev–Trinajstić information content (AvgIpc) is 3.59. The van der Waals surface area contributed by atoms with Gasteiger partial charge in [-0.3, -0.25) is 4.79 Å². The van der Waals surface area contributed by atoms with E-state index in [1.807, 2.05) is 23.1 Å². The van der Waals surface area contributed by atoms with Crippen LogP contribution in [0, 0.1) is 0 Å². The number of carbonyl (C=O) groups is 1. The van der Waals surface area contributed by atoms with Gasteiger partial charge in [0.15, 0.2) is 4.34 Å². The number of carbonyl (C=O) groups excluding carboxylic acids is 1. The number of rotatable bonds is 10. The van der Waals surface area contributed by atoms with Crippen LogP contribution in [0.5, 0.6) is 11.5 Å². The molecule has 1 unspecified atom stereocenters. The first-order chi connectivity index (χ1) is 15.7. The number of benzene rings is 1. The molecular weight excluding hydrogens is 464 g/mol. The topological polar surface area (TPSA) is 76.6 Å². The molecule has 2 aromatic heterocycles. The number of ether oxygens (including phenoxy) is 2. The largest absolute Gasteiger partial charge is 0.497 e. The van der Waals surface area contributed by atoms with Gasteiger partial charge in [-0.05, 0) is 48.9 Å². The van der Waals surface area contributed by atoms with Crippen molar-refractivity contribution in [3.63, 3.8) is 0 Å². The number of hydrogen-bond donors (Lipinski definition) is 1. The summed E-state index contributed by atoms with van der Waals surface area (Å²) in [6.45, 7) is 1.56. The van der Waals surface area contributed by atoms with Gasteiger partial charge in [0.25, 0.3) is 0 Å². The molecule has 0 radical (unpaired) electrons. The third kappa shape index (κ3) is 5.54. The summed E-state index contributed by atoms with van der Waals surface area (Å²) in [5.41, 5.74) is 0.996. The number of anilines is 1. The van der Waals surface area contributed by atoms with E-state index in [0.29, 0.717) is 5.75 Å². The number of nitrogens with zero attached hydrogens (tertiary/aromatic N) is 3. The number of thioether (sulfide) groups is 1. The summed E-state index contributed by atoms with van der Waals surface area (Å²) in [6.07, 6.45) is 2.85. The van der Waals surface area contributed by atoms with Crippen LogP contribution in [0.1, 0.15) is 29.3 Å². The lowest BCUT2D eigenvalue weighted by atomic mass is 10.0. The number of likely N-dealkylation sites (tertiary alicyclic amines) is 1. The number of aromatic nitrogens is 2. The molecule has 7 nitrogen and oxygen atoms in total. The summed E-state index contributed by atoms with van der Waals surface area (Å²) in [7, 11) is 3.30. The van der Waals surface area contributed by atoms with E-state index in [1.54, 1.807) is 25.6 Å². The van der Waals surface area contributed by atoms with Gasteiger partial charge in [-0.25, -0.2) is 0 Å². The van der Waals surface area contributed by atoms with Gasteiger partial charge in [-0.15, -0.1) is 21.5 Å². The van der Waals surface area contributed by atoms with Crippen molar-refractivity contribution in [3.05, 3.63) is 46.2 Å². The van der Waals surface area contributed by atoms with Gasteiger partial charge in [0.05, 0.1) is 26.0 Å². The minimum absolute atomic E-state index is 0.00273. The van der Waals surface area contributed by atoms with Crippen molar-refractivity contribution in [3.8, 4) is 11.5 Å². The van der Waals surface area contributed by atoms with E-state index >= 15 is 0 Å². The zero-order valence-corrected chi connectivity index (χ0v) is 20.5. The van der Waals surface area contributed by atoms with Gasteiger partial charge in [0.1, 0.15) is 11.5 Å². The lowest BCUT2D eigenvalue weighted by molar-refractivity contribution is -0.129. The maximum Gasteiger partial charge on any atom is 0.233 e. The molecule has 1 aliphatic heterocycles. The quantitative estimate of drug-likeness (QED) is 0.412. The first kappa shape index (κ1) is 22.9. The molecule has 4 rings (SSSR count). The second kappa shape index (κ2) is 11.0. The summed E-state index contributed by atoms with van der Waals surface area (Å²) in [4.78, 5) is 16.3. The zero-order valence-electron chi connectivity index (χ0n) is 18.1. The Hall–Kier alpha value is -2.30. The summed E-state index contributed by atoms with van der Waals surface area (Å²) in [5, 5.41) is 14.6. The second-order valence-corrected chi connectivity index (χ2v) is 10.5. The van der Waals surface area contributed by atoms with Crippen LogP contribution in [0.4, 0.5) is 5.13 Å². The Morgan fingerprint density at radius 1 is 1.28 bits per heavy atom. The van der Waals surface area contributed by atoms with Gasteiger partial charge in [0.2, 0.25) is 11.0 Å². The molecular formula is C22H26N4O3S3. The lowest BCUT2D eigenvalue weighted by Gasteiger charge is -2.26. The van der Waals surface area contributed by atoms with E-state index in [1.165, 1.54) is 28.0 Å². The molecule has 1 aromatic carbocycles. The van der Waals surface area contributed by atoms with Crippen molar-refractivity contribution in [2.75, 3.05) is 38.4 Å². The Labute approximate surface area is 200 Å². The third-order valence-corrected chi connectivity index (χ3v) is 8.26. The van der Waals surface area contributed by atoms with Gasteiger partial charge < -0.3 is 19.7 Å². The highest BCUT2D eigenvalue weighted by atomic mass is 32.2. The highest BCUT2D eigenvalue weighted by molar-refractivity contribution is 8.01. The summed E-state index contributed by atoms with van der Waals surface area (Å²) in [5.74, 6) is 1.99. The van der Waals surface area contributed by atoms with Crippen molar-refractivity contribution < 1.29 is 14.3 Å².